The summed E-state index contributed by atoms with van der Waals surface area (Å²) < 4.78 is 0. The minimum atomic E-state index is -0.934. The topological polar surface area (TPSA) is 78.2 Å². The maximum absolute atomic E-state index is 10.3. The maximum Gasteiger partial charge on any atom is 0.335 e. The molecule has 0 aliphatic carbocycles. The van der Waals surface area contributed by atoms with Crippen LogP contribution in [0.4, 0.5) is 0 Å². The molecular formula is C8H6ClNO3. The van der Waals surface area contributed by atoms with Crippen LogP contribution in [-0.2, 0) is 4.79 Å². The summed E-state index contributed by atoms with van der Waals surface area (Å²) in [6, 6.07) is 6.02. The van der Waals surface area contributed by atoms with Crippen molar-refractivity contribution in [1.29, 1.82) is 5.41 Å². The maximum atomic E-state index is 10.3. The summed E-state index contributed by atoms with van der Waals surface area (Å²) in [7, 11) is 0. The van der Waals surface area contributed by atoms with E-state index in [9.17, 15) is 4.79 Å². The van der Waals surface area contributed by atoms with E-state index in [-0.39, 0.29) is 5.56 Å². The first kappa shape index (κ1) is 11.4. The number of carboxylic acids is 1. The van der Waals surface area contributed by atoms with Crippen LogP contribution in [0.15, 0.2) is 24.3 Å². The van der Waals surface area contributed by atoms with Gasteiger partial charge in [-0.15, -0.1) is 0 Å². The highest BCUT2D eigenvalue weighted by atomic mass is 35.5. The molecule has 0 aromatic heterocycles. The van der Waals surface area contributed by atoms with Gasteiger partial charge in [0.25, 0.3) is 0 Å². The molecule has 0 bridgehead atoms. The SMILES string of the molecule is N=C=O.O=C(O)c1ccc(Cl)cc1. The summed E-state index contributed by atoms with van der Waals surface area (Å²) in [6.07, 6.45) is 0.750. The van der Waals surface area contributed by atoms with Crippen molar-refractivity contribution < 1.29 is 14.7 Å². The van der Waals surface area contributed by atoms with Gasteiger partial charge in [-0.3, -0.25) is 0 Å². The van der Waals surface area contributed by atoms with E-state index in [0.717, 1.165) is 6.08 Å². The monoisotopic (exact) mass is 199 g/mol. The van der Waals surface area contributed by atoms with E-state index >= 15 is 0 Å². The Morgan fingerprint density at radius 2 is 1.77 bits per heavy atom. The summed E-state index contributed by atoms with van der Waals surface area (Å²) in [5, 5.41) is 14.4. The van der Waals surface area contributed by atoms with Crippen molar-refractivity contribution in [2.45, 2.75) is 0 Å². The van der Waals surface area contributed by atoms with Gasteiger partial charge in [0.2, 0.25) is 6.08 Å². The standard InChI is InChI=1S/C7H5ClO2.CHNO/c8-6-3-1-5(2-4-6)7(9)10;2-1-3/h1-4H,(H,9,10);2H. The number of carboxylic acid groups (broad SMARTS) is 1. The first-order valence-corrected chi connectivity index (χ1v) is 3.52. The minimum Gasteiger partial charge on any atom is -0.478 e. The number of carbonyl (C=O) groups excluding carboxylic acids is 1. The normalized spacial score (nSPS) is 7.77. The summed E-state index contributed by atoms with van der Waals surface area (Å²) in [4.78, 5) is 18.6. The zero-order valence-electron chi connectivity index (χ0n) is 6.45. The van der Waals surface area contributed by atoms with Crippen molar-refractivity contribution in [2.24, 2.45) is 0 Å². The van der Waals surface area contributed by atoms with Crippen molar-refractivity contribution in [3.05, 3.63) is 34.9 Å². The third-order valence-corrected chi connectivity index (χ3v) is 1.34. The van der Waals surface area contributed by atoms with Crippen molar-refractivity contribution >= 4 is 23.7 Å². The molecule has 4 nitrogen and oxygen atoms in total. The largest absolute Gasteiger partial charge is 0.478 e. The average molecular weight is 200 g/mol. The van der Waals surface area contributed by atoms with Gasteiger partial charge in [0.15, 0.2) is 0 Å². The third kappa shape index (κ3) is 4.74. The summed E-state index contributed by atoms with van der Waals surface area (Å²) in [5.41, 5.74) is 0.254. The zero-order chi connectivity index (χ0) is 10.3. The first-order valence-electron chi connectivity index (χ1n) is 3.14. The van der Waals surface area contributed by atoms with E-state index in [0.29, 0.717) is 5.02 Å². The van der Waals surface area contributed by atoms with Crippen LogP contribution in [0.3, 0.4) is 0 Å². The Kier molecular flexibility index (Phi) is 5.19. The molecule has 68 valence electrons. The number of nitrogens with one attached hydrogen (secondary N) is 1. The second-order valence-corrected chi connectivity index (χ2v) is 2.35. The Labute approximate surface area is 79.3 Å². The predicted octanol–water partition coefficient (Wildman–Crippen LogP) is 1.94. The van der Waals surface area contributed by atoms with Crippen molar-refractivity contribution in [1.82, 2.24) is 0 Å². The fraction of sp³-hybridized carbons (Fsp3) is 0. The lowest BCUT2D eigenvalue weighted by atomic mass is 10.2. The van der Waals surface area contributed by atoms with Gasteiger partial charge in [0.05, 0.1) is 5.56 Å². The Bertz CT molecular complexity index is 315. The van der Waals surface area contributed by atoms with Crippen LogP contribution in [0.5, 0.6) is 0 Å². The van der Waals surface area contributed by atoms with Gasteiger partial charge < -0.3 is 5.11 Å². The molecule has 0 saturated carbocycles. The Morgan fingerprint density at radius 3 is 2.08 bits per heavy atom. The van der Waals surface area contributed by atoms with Gasteiger partial charge in [-0.2, -0.15) is 0 Å². The number of hydrogen-bond acceptors (Lipinski definition) is 3. The zero-order valence-corrected chi connectivity index (χ0v) is 7.21. The van der Waals surface area contributed by atoms with Gasteiger partial charge >= 0.3 is 5.97 Å². The van der Waals surface area contributed by atoms with E-state index in [1.54, 1.807) is 12.1 Å². The van der Waals surface area contributed by atoms with Gasteiger partial charge in [0, 0.05) is 5.02 Å². The number of rotatable bonds is 1. The Hall–Kier alpha value is -1.64. The fourth-order valence-corrected chi connectivity index (χ4v) is 0.718. The molecule has 1 aromatic carbocycles. The second-order valence-electron chi connectivity index (χ2n) is 1.91. The lowest BCUT2D eigenvalue weighted by molar-refractivity contribution is 0.0697. The van der Waals surface area contributed by atoms with Gasteiger partial charge in [-0.05, 0) is 24.3 Å². The molecule has 0 aliphatic rings. The molecule has 1 rings (SSSR count). The Morgan fingerprint density at radius 1 is 1.38 bits per heavy atom. The molecular weight excluding hydrogens is 194 g/mol. The van der Waals surface area contributed by atoms with Crippen LogP contribution in [0.2, 0.25) is 5.02 Å². The molecule has 0 fully saturated rings. The van der Waals surface area contributed by atoms with E-state index < -0.39 is 5.97 Å². The van der Waals surface area contributed by atoms with Crippen LogP contribution in [0, 0.1) is 5.41 Å². The van der Waals surface area contributed by atoms with Crippen molar-refractivity contribution in [2.75, 3.05) is 0 Å². The molecule has 1 aromatic rings. The predicted molar refractivity (Wildman–Crippen MR) is 46.8 cm³/mol. The molecule has 0 aliphatic heterocycles. The summed E-state index contributed by atoms with van der Waals surface area (Å²) in [5.74, 6) is -0.934. The molecule has 13 heavy (non-hydrogen) atoms. The molecule has 0 unspecified atom stereocenters. The lowest BCUT2D eigenvalue weighted by Gasteiger charge is -1.91. The minimum absolute atomic E-state index is 0.254. The molecule has 0 atom stereocenters. The highest BCUT2D eigenvalue weighted by molar-refractivity contribution is 6.30. The first-order chi connectivity index (χ1) is 6.11. The smallest absolute Gasteiger partial charge is 0.335 e. The van der Waals surface area contributed by atoms with E-state index in [1.165, 1.54) is 12.1 Å². The van der Waals surface area contributed by atoms with Crippen LogP contribution in [0.25, 0.3) is 0 Å². The van der Waals surface area contributed by atoms with Crippen molar-refractivity contribution in [3.63, 3.8) is 0 Å². The summed E-state index contributed by atoms with van der Waals surface area (Å²) >= 11 is 5.52. The molecule has 0 spiro atoms. The van der Waals surface area contributed by atoms with Crippen LogP contribution < -0.4 is 0 Å². The van der Waals surface area contributed by atoms with Gasteiger partial charge in [0.1, 0.15) is 0 Å². The average Bonchev–Trinajstić information content (AvgIpc) is 2.06. The number of halogens is 1. The van der Waals surface area contributed by atoms with Crippen LogP contribution >= 0.6 is 11.6 Å². The van der Waals surface area contributed by atoms with Gasteiger partial charge in [-0.1, -0.05) is 11.6 Å². The highest BCUT2D eigenvalue weighted by Crippen LogP contribution is 2.08. The lowest BCUT2D eigenvalue weighted by Crippen LogP contribution is -1.94. The quantitative estimate of drug-likeness (QED) is 0.536. The summed E-state index contributed by atoms with van der Waals surface area (Å²) in [6.45, 7) is 0. The molecule has 0 heterocycles. The number of isocyanates is 1. The highest BCUT2D eigenvalue weighted by Gasteiger charge is 1.99. The number of aromatic carboxylic acids is 1. The molecule has 0 saturated heterocycles. The number of carbonyl (C=O) groups is 1. The molecule has 0 radical (unpaired) electrons. The van der Waals surface area contributed by atoms with E-state index in [4.69, 9.17) is 26.9 Å². The molecule has 2 N–H and O–H groups in total. The third-order valence-electron chi connectivity index (χ3n) is 1.09. The second kappa shape index (κ2) is 5.94. The number of benzene rings is 1. The van der Waals surface area contributed by atoms with Crippen molar-refractivity contribution in [3.8, 4) is 0 Å². The fourth-order valence-electron chi connectivity index (χ4n) is 0.592. The van der Waals surface area contributed by atoms with Crippen LogP contribution in [0.1, 0.15) is 10.4 Å². The van der Waals surface area contributed by atoms with Crippen LogP contribution in [-0.4, -0.2) is 17.2 Å². The Balaban J connectivity index is 0.000000424. The molecule has 0 amide bonds. The van der Waals surface area contributed by atoms with E-state index in [1.807, 2.05) is 0 Å². The van der Waals surface area contributed by atoms with Gasteiger partial charge in [-0.25, -0.2) is 15.0 Å². The number of hydrogen-bond donors (Lipinski definition) is 2. The molecule has 5 heteroatoms. The van der Waals surface area contributed by atoms with E-state index in [2.05, 4.69) is 0 Å².